The highest BCUT2D eigenvalue weighted by Gasteiger charge is 2.05. The third kappa shape index (κ3) is 3.41. The maximum Gasteiger partial charge on any atom is 0.347 e. The quantitative estimate of drug-likeness (QED) is 0.796. The van der Waals surface area contributed by atoms with E-state index in [0.717, 1.165) is 0 Å². The minimum atomic E-state index is -0.366. The molecule has 6 nitrogen and oxygen atoms in total. The summed E-state index contributed by atoms with van der Waals surface area (Å²) in [6.45, 7) is 0.283. The van der Waals surface area contributed by atoms with Crippen LogP contribution in [0, 0.1) is 0 Å². The van der Waals surface area contributed by atoms with E-state index in [1.807, 2.05) is 0 Å². The van der Waals surface area contributed by atoms with Crippen molar-refractivity contribution in [3.8, 4) is 0 Å². The van der Waals surface area contributed by atoms with Gasteiger partial charge in [-0.2, -0.15) is 0 Å². The molecule has 0 fully saturated rings. The van der Waals surface area contributed by atoms with Gasteiger partial charge >= 0.3 is 5.69 Å². The number of benzene rings is 1. The van der Waals surface area contributed by atoms with E-state index < -0.39 is 0 Å². The average molecular weight is 258 g/mol. The van der Waals surface area contributed by atoms with E-state index in [1.54, 1.807) is 36.5 Å². The zero-order valence-electron chi connectivity index (χ0n) is 10.2. The number of hydrogen-bond acceptors (Lipinski definition) is 4. The third-order valence-electron chi connectivity index (χ3n) is 2.60. The minimum absolute atomic E-state index is 0.180. The van der Waals surface area contributed by atoms with Crippen molar-refractivity contribution in [1.29, 1.82) is 0 Å². The molecule has 2 aromatic rings. The molecule has 0 saturated heterocycles. The molecular weight excluding hydrogens is 244 g/mol. The first-order chi connectivity index (χ1) is 9.16. The Morgan fingerprint density at radius 1 is 1.32 bits per heavy atom. The minimum Gasteiger partial charge on any atom is -0.397 e. The highest BCUT2D eigenvalue weighted by Crippen LogP contribution is 2.16. The van der Waals surface area contributed by atoms with E-state index in [-0.39, 0.29) is 24.6 Å². The lowest BCUT2D eigenvalue weighted by Crippen LogP contribution is -2.24. The number of nitrogens with zero attached hydrogens (tertiary/aromatic N) is 2. The second kappa shape index (κ2) is 5.81. The number of aromatic nitrogens is 2. The zero-order valence-corrected chi connectivity index (χ0v) is 10.2. The van der Waals surface area contributed by atoms with Crippen molar-refractivity contribution in [1.82, 2.24) is 9.55 Å². The largest absolute Gasteiger partial charge is 0.397 e. The predicted molar refractivity (Wildman–Crippen MR) is 72.6 cm³/mol. The summed E-state index contributed by atoms with van der Waals surface area (Å²) >= 11 is 0. The first-order valence-electron chi connectivity index (χ1n) is 5.82. The predicted octanol–water partition coefficient (Wildman–Crippen LogP) is 0.854. The lowest BCUT2D eigenvalue weighted by molar-refractivity contribution is -0.116. The molecule has 6 heteroatoms. The molecule has 2 rings (SSSR count). The number of carbonyl (C=O) groups excluding carboxylic acids is 1. The lowest BCUT2D eigenvalue weighted by Gasteiger charge is -2.08. The first-order valence-corrected chi connectivity index (χ1v) is 5.82. The molecule has 19 heavy (non-hydrogen) atoms. The average Bonchev–Trinajstić information content (AvgIpc) is 2.40. The van der Waals surface area contributed by atoms with Crippen LogP contribution in [0.3, 0.4) is 0 Å². The molecule has 0 aliphatic heterocycles. The van der Waals surface area contributed by atoms with Crippen molar-refractivity contribution in [2.75, 3.05) is 11.1 Å². The molecule has 98 valence electrons. The number of rotatable bonds is 4. The third-order valence-corrected chi connectivity index (χ3v) is 2.60. The second-order valence-corrected chi connectivity index (χ2v) is 3.98. The summed E-state index contributed by atoms with van der Waals surface area (Å²) in [6.07, 6.45) is 3.20. The van der Waals surface area contributed by atoms with Gasteiger partial charge in [-0.1, -0.05) is 12.1 Å². The Morgan fingerprint density at radius 3 is 2.84 bits per heavy atom. The van der Waals surface area contributed by atoms with Crippen molar-refractivity contribution in [3.63, 3.8) is 0 Å². The number of hydrogen-bond donors (Lipinski definition) is 2. The molecular formula is C13H14N4O2. The monoisotopic (exact) mass is 258 g/mol. The molecule has 0 aliphatic carbocycles. The van der Waals surface area contributed by atoms with Crippen LogP contribution in [0.15, 0.2) is 47.5 Å². The molecule has 3 N–H and O–H groups in total. The SMILES string of the molecule is Nc1ccccc1NC(=O)CCn1cccnc1=O. The van der Waals surface area contributed by atoms with Crippen molar-refractivity contribution < 1.29 is 4.79 Å². The standard InChI is InChI=1S/C13H14N4O2/c14-10-4-1-2-5-11(10)16-12(18)6-9-17-8-3-7-15-13(17)19/h1-5,7-8H,6,9,14H2,(H,16,18). The summed E-state index contributed by atoms with van der Waals surface area (Å²) in [4.78, 5) is 26.7. The Balaban J connectivity index is 1.94. The Kier molecular flexibility index (Phi) is 3.92. The van der Waals surface area contributed by atoms with E-state index in [4.69, 9.17) is 5.73 Å². The summed E-state index contributed by atoms with van der Waals surface area (Å²) in [7, 11) is 0. The van der Waals surface area contributed by atoms with Crippen LogP contribution in [0.5, 0.6) is 0 Å². The van der Waals surface area contributed by atoms with Gasteiger partial charge in [-0.15, -0.1) is 0 Å². The molecule has 0 unspecified atom stereocenters. The van der Waals surface area contributed by atoms with Gasteiger partial charge in [0.25, 0.3) is 0 Å². The number of anilines is 2. The van der Waals surface area contributed by atoms with Gasteiger partial charge in [0, 0.05) is 25.4 Å². The fraction of sp³-hybridized carbons (Fsp3) is 0.154. The molecule has 0 radical (unpaired) electrons. The molecule has 0 atom stereocenters. The summed E-state index contributed by atoms with van der Waals surface area (Å²) in [6, 6.07) is 8.66. The van der Waals surface area contributed by atoms with Gasteiger partial charge in [0.1, 0.15) is 0 Å². The van der Waals surface area contributed by atoms with E-state index >= 15 is 0 Å². The first kappa shape index (κ1) is 12.8. The van der Waals surface area contributed by atoms with Gasteiger partial charge in [0.2, 0.25) is 5.91 Å². The molecule has 1 heterocycles. The van der Waals surface area contributed by atoms with Crippen LogP contribution in [0.2, 0.25) is 0 Å². The lowest BCUT2D eigenvalue weighted by atomic mass is 10.2. The van der Waals surface area contributed by atoms with Crippen LogP contribution in [0.4, 0.5) is 11.4 Å². The van der Waals surface area contributed by atoms with Gasteiger partial charge in [-0.05, 0) is 18.2 Å². The van der Waals surface area contributed by atoms with Crippen LogP contribution < -0.4 is 16.7 Å². The number of amides is 1. The van der Waals surface area contributed by atoms with Gasteiger partial charge < -0.3 is 11.1 Å². The van der Waals surface area contributed by atoms with E-state index in [1.165, 1.54) is 10.8 Å². The van der Waals surface area contributed by atoms with Crippen molar-refractivity contribution >= 4 is 17.3 Å². The molecule has 1 aromatic carbocycles. The Morgan fingerprint density at radius 2 is 2.11 bits per heavy atom. The highest BCUT2D eigenvalue weighted by atomic mass is 16.2. The number of aryl methyl sites for hydroxylation is 1. The van der Waals surface area contributed by atoms with Crippen molar-refractivity contribution in [2.24, 2.45) is 0 Å². The molecule has 0 saturated carbocycles. The number of nitrogens with two attached hydrogens (primary N) is 1. The topological polar surface area (TPSA) is 90.0 Å². The van der Waals surface area contributed by atoms with Gasteiger partial charge in [0.15, 0.2) is 0 Å². The second-order valence-electron chi connectivity index (χ2n) is 3.98. The Hall–Kier alpha value is -2.63. The Bertz CT molecular complexity index is 636. The van der Waals surface area contributed by atoms with E-state index in [9.17, 15) is 9.59 Å². The fourth-order valence-corrected chi connectivity index (χ4v) is 1.60. The number of nitrogens with one attached hydrogen (secondary N) is 1. The van der Waals surface area contributed by atoms with Crippen LogP contribution in [0.25, 0.3) is 0 Å². The van der Waals surface area contributed by atoms with Gasteiger partial charge in [-0.25, -0.2) is 9.78 Å². The fourth-order valence-electron chi connectivity index (χ4n) is 1.60. The number of nitrogen functional groups attached to an aromatic ring is 1. The smallest absolute Gasteiger partial charge is 0.347 e. The maximum absolute atomic E-state index is 11.7. The van der Waals surface area contributed by atoms with Crippen LogP contribution in [0.1, 0.15) is 6.42 Å². The van der Waals surface area contributed by atoms with E-state index in [0.29, 0.717) is 11.4 Å². The molecule has 1 amide bonds. The summed E-state index contributed by atoms with van der Waals surface area (Å²) in [5.74, 6) is -0.200. The van der Waals surface area contributed by atoms with Crippen LogP contribution in [-0.4, -0.2) is 15.5 Å². The highest BCUT2D eigenvalue weighted by molar-refractivity contribution is 5.93. The molecule has 0 aliphatic rings. The summed E-state index contributed by atoms with van der Waals surface area (Å²) < 4.78 is 1.38. The van der Waals surface area contributed by atoms with Crippen LogP contribution >= 0.6 is 0 Å². The van der Waals surface area contributed by atoms with Gasteiger partial charge in [-0.3, -0.25) is 9.36 Å². The molecule has 1 aromatic heterocycles. The van der Waals surface area contributed by atoms with Crippen LogP contribution in [-0.2, 0) is 11.3 Å². The number of para-hydroxylation sites is 2. The normalized spacial score (nSPS) is 10.1. The molecule has 0 bridgehead atoms. The number of carbonyl (C=O) groups is 1. The maximum atomic E-state index is 11.7. The van der Waals surface area contributed by atoms with Gasteiger partial charge in [0.05, 0.1) is 11.4 Å². The summed E-state index contributed by atoms with van der Waals surface area (Å²) in [5.41, 5.74) is 6.44. The zero-order chi connectivity index (χ0) is 13.7. The molecule has 0 spiro atoms. The van der Waals surface area contributed by atoms with Crippen molar-refractivity contribution in [3.05, 3.63) is 53.2 Å². The summed E-state index contributed by atoms with van der Waals surface area (Å²) in [5, 5.41) is 2.70. The van der Waals surface area contributed by atoms with Crippen molar-refractivity contribution in [2.45, 2.75) is 13.0 Å². The van der Waals surface area contributed by atoms with E-state index in [2.05, 4.69) is 10.3 Å². The Labute approximate surface area is 109 Å².